The molecule has 0 atom stereocenters. The maximum absolute atomic E-state index is 5.33. The lowest BCUT2D eigenvalue weighted by atomic mass is 10.5. The van der Waals surface area contributed by atoms with E-state index in [-0.39, 0.29) is 0 Å². The second kappa shape index (κ2) is 7.85. The normalized spacial score (nSPS) is 11.2. The quantitative estimate of drug-likeness (QED) is 0.558. The molecule has 0 fully saturated rings. The first kappa shape index (κ1) is 11.6. The summed E-state index contributed by atoms with van der Waals surface area (Å²) in [6.45, 7) is 7.72. The molecule has 0 amide bonds. The summed E-state index contributed by atoms with van der Waals surface area (Å²) in [5.41, 5.74) is 6.12. The molecule has 0 aromatic carbocycles. The Balaban J connectivity index is 0. The van der Waals surface area contributed by atoms with Crippen LogP contribution in [0.25, 0.3) is 0 Å². The lowest BCUT2D eigenvalue weighted by molar-refractivity contribution is 1.28. The number of rotatable bonds is 1. The Morgan fingerprint density at radius 3 is 1.56 bits per heavy atom. The van der Waals surface area contributed by atoms with E-state index >= 15 is 0 Å². The van der Waals surface area contributed by atoms with Gasteiger partial charge >= 0.3 is 0 Å². The molecular formula is C6H16N2S. The van der Waals surface area contributed by atoms with Crippen LogP contribution in [0.5, 0.6) is 0 Å². The van der Waals surface area contributed by atoms with E-state index in [1.165, 1.54) is 11.9 Å². The summed E-state index contributed by atoms with van der Waals surface area (Å²) in [7, 11) is 0. The van der Waals surface area contributed by atoms with Crippen LogP contribution in [0.4, 0.5) is 0 Å². The van der Waals surface area contributed by atoms with Gasteiger partial charge in [0.05, 0.1) is 0 Å². The summed E-state index contributed by atoms with van der Waals surface area (Å²) < 4.78 is 0. The van der Waals surface area contributed by atoms with Crippen LogP contribution in [0.3, 0.4) is 0 Å². The molecule has 3 heteroatoms. The summed E-state index contributed by atoms with van der Waals surface area (Å²) in [5, 5.41) is 5.15. The van der Waals surface area contributed by atoms with Crippen molar-refractivity contribution in [1.29, 1.82) is 0 Å². The largest absolute Gasteiger partial charge is 0.402 e. The van der Waals surface area contributed by atoms with Gasteiger partial charge in [0, 0.05) is 10.6 Å². The van der Waals surface area contributed by atoms with Gasteiger partial charge in [0.1, 0.15) is 0 Å². The molecule has 0 saturated carbocycles. The van der Waals surface area contributed by atoms with Gasteiger partial charge in [-0.2, -0.15) is 0 Å². The molecule has 0 aromatic rings. The zero-order chi connectivity index (χ0) is 7.86. The second-order valence-electron chi connectivity index (χ2n) is 1.36. The Labute approximate surface area is 61.8 Å². The van der Waals surface area contributed by atoms with Crippen molar-refractivity contribution in [3.05, 3.63) is 10.6 Å². The minimum Gasteiger partial charge on any atom is -0.402 e. The molecule has 4 N–H and O–H groups in total. The Hall–Kier alpha value is -0.150. The van der Waals surface area contributed by atoms with Crippen LogP contribution in [0.2, 0.25) is 0 Å². The van der Waals surface area contributed by atoms with E-state index in [0.29, 0.717) is 0 Å². The Kier molecular flexibility index (Phi) is 10.1. The molecule has 56 valence electrons. The third-order valence-electron chi connectivity index (χ3n) is 0.732. The molecule has 0 aliphatic carbocycles. The Morgan fingerprint density at radius 1 is 1.22 bits per heavy atom. The van der Waals surface area contributed by atoms with Gasteiger partial charge in [0.15, 0.2) is 0 Å². The highest BCUT2D eigenvalue weighted by Crippen LogP contribution is 2.07. The molecule has 0 saturated heterocycles. The molecule has 9 heavy (non-hydrogen) atoms. The molecule has 0 aliphatic rings. The van der Waals surface area contributed by atoms with E-state index in [9.17, 15) is 0 Å². The van der Waals surface area contributed by atoms with Crippen LogP contribution in [0, 0.1) is 0 Å². The Morgan fingerprint density at radius 2 is 1.56 bits per heavy atom. The van der Waals surface area contributed by atoms with Crippen LogP contribution in [-0.4, -0.2) is 0 Å². The number of allylic oxidation sites excluding steroid dienone is 2. The van der Waals surface area contributed by atoms with E-state index in [2.05, 4.69) is 0 Å². The minimum atomic E-state index is 0.799. The zero-order valence-electron chi connectivity index (χ0n) is 6.56. The standard InChI is InChI=1S/C4H10N2S.C2H6/c1-3(5)4(2)7-6;1-2/h5-6H2,1-2H3;1-2H3/b4-3-;. The highest BCUT2D eigenvalue weighted by Gasteiger charge is 1.85. The third kappa shape index (κ3) is 7.85. The summed E-state index contributed by atoms with van der Waals surface area (Å²) in [5.74, 6) is 0. The molecule has 0 unspecified atom stereocenters. The van der Waals surface area contributed by atoms with Gasteiger partial charge in [-0.1, -0.05) is 25.8 Å². The van der Waals surface area contributed by atoms with Crippen LogP contribution < -0.4 is 10.9 Å². The zero-order valence-corrected chi connectivity index (χ0v) is 7.38. The average Bonchev–Trinajstić information content (AvgIpc) is 1.91. The van der Waals surface area contributed by atoms with Gasteiger partial charge in [-0.05, 0) is 13.8 Å². The average molecular weight is 148 g/mol. The molecular weight excluding hydrogens is 132 g/mol. The van der Waals surface area contributed by atoms with Crippen molar-refractivity contribution in [1.82, 2.24) is 0 Å². The molecule has 0 heterocycles. The smallest absolute Gasteiger partial charge is 0.0156 e. The predicted molar refractivity (Wildman–Crippen MR) is 45.7 cm³/mol. The molecule has 0 aromatic heterocycles. The topological polar surface area (TPSA) is 52.0 Å². The van der Waals surface area contributed by atoms with Crippen LogP contribution >= 0.6 is 11.9 Å². The molecule has 0 radical (unpaired) electrons. The molecule has 0 rings (SSSR count). The highest BCUT2D eigenvalue weighted by atomic mass is 32.2. The van der Waals surface area contributed by atoms with E-state index in [1.54, 1.807) is 0 Å². The maximum Gasteiger partial charge on any atom is 0.0156 e. The number of hydrogen-bond acceptors (Lipinski definition) is 3. The van der Waals surface area contributed by atoms with Crippen LogP contribution in [0.15, 0.2) is 10.6 Å². The van der Waals surface area contributed by atoms with Crippen molar-refractivity contribution in [3.8, 4) is 0 Å². The van der Waals surface area contributed by atoms with E-state index in [1.807, 2.05) is 27.7 Å². The van der Waals surface area contributed by atoms with Crippen molar-refractivity contribution >= 4 is 11.9 Å². The Bertz CT molecular complexity index is 85.1. The minimum absolute atomic E-state index is 0.799. The third-order valence-corrected chi connectivity index (χ3v) is 1.41. The fraction of sp³-hybridized carbons (Fsp3) is 0.667. The van der Waals surface area contributed by atoms with Crippen molar-refractivity contribution in [2.75, 3.05) is 0 Å². The molecule has 0 aliphatic heterocycles. The second-order valence-corrected chi connectivity index (χ2v) is 2.21. The molecule has 2 nitrogen and oxygen atoms in total. The predicted octanol–water partition coefficient (Wildman–Crippen LogP) is 1.83. The van der Waals surface area contributed by atoms with Gasteiger partial charge < -0.3 is 5.73 Å². The SMILES string of the molecule is C/C(N)=C(\C)SN.CC. The summed E-state index contributed by atoms with van der Waals surface area (Å²) >= 11 is 1.19. The first-order valence-electron chi connectivity index (χ1n) is 2.98. The highest BCUT2D eigenvalue weighted by molar-refractivity contribution is 8.00. The van der Waals surface area contributed by atoms with E-state index in [0.717, 1.165) is 10.6 Å². The van der Waals surface area contributed by atoms with Gasteiger partial charge in [-0.25, -0.2) is 0 Å². The van der Waals surface area contributed by atoms with Crippen molar-refractivity contribution in [2.45, 2.75) is 27.7 Å². The van der Waals surface area contributed by atoms with Crippen LogP contribution in [-0.2, 0) is 0 Å². The van der Waals surface area contributed by atoms with Gasteiger partial charge in [-0.15, -0.1) is 0 Å². The lowest BCUT2D eigenvalue weighted by Gasteiger charge is -1.93. The first-order chi connectivity index (χ1) is 4.18. The maximum atomic E-state index is 5.33. The van der Waals surface area contributed by atoms with Crippen molar-refractivity contribution in [3.63, 3.8) is 0 Å². The van der Waals surface area contributed by atoms with Crippen molar-refractivity contribution in [2.24, 2.45) is 10.9 Å². The summed E-state index contributed by atoms with van der Waals surface area (Å²) in [6.07, 6.45) is 0. The number of hydrogen-bond donors (Lipinski definition) is 2. The molecule has 0 spiro atoms. The summed E-state index contributed by atoms with van der Waals surface area (Å²) in [6, 6.07) is 0. The van der Waals surface area contributed by atoms with Crippen molar-refractivity contribution < 1.29 is 0 Å². The monoisotopic (exact) mass is 148 g/mol. The van der Waals surface area contributed by atoms with Gasteiger partial charge in [0.25, 0.3) is 0 Å². The lowest BCUT2D eigenvalue weighted by Crippen LogP contribution is -1.94. The molecule has 0 bridgehead atoms. The van der Waals surface area contributed by atoms with E-state index < -0.39 is 0 Å². The number of nitrogens with two attached hydrogens (primary N) is 2. The summed E-state index contributed by atoms with van der Waals surface area (Å²) in [4.78, 5) is 0.986. The van der Waals surface area contributed by atoms with Crippen LogP contribution in [0.1, 0.15) is 27.7 Å². The first-order valence-corrected chi connectivity index (χ1v) is 3.86. The van der Waals surface area contributed by atoms with Gasteiger partial charge in [-0.3, -0.25) is 5.14 Å². The fourth-order valence-electron chi connectivity index (χ4n) is 0.0929. The fourth-order valence-corrected chi connectivity index (χ4v) is 0.279. The van der Waals surface area contributed by atoms with Gasteiger partial charge in [0.2, 0.25) is 0 Å². The van der Waals surface area contributed by atoms with E-state index in [4.69, 9.17) is 10.9 Å².